The van der Waals surface area contributed by atoms with Crippen molar-refractivity contribution >= 4 is 27.3 Å². The van der Waals surface area contributed by atoms with E-state index in [1.54, 1.807) is 17.6 Å². The normalized spacial score (nSPS) is 10.3. The molecule has 13 heavy (non-hydrogen) atoms. The van der Waals surface area contributed by atoms with Gasteiger partial charge in [0.05, 0.1) is 0 Å². The van der Waals surface area contributed by atoms with Crippen LogP contribution in [-0.2, 0) is 0 Å². The summed E-state index contributed by atoms with van der Waals surface area (Å²) in [5.74, 6) is -0.286. The largest absolute Gasteiger partial charge is 0.206 e. The average Bonchev–Trinajstić information content (AvgIpc) is 2.56. The predicted molar refractivity (Wildman–Crippen MR) is 53.0 cm³/mol. The fourth-order valence-electron chi connectivity index (χ4n) is 0.953. The third kappa shape index (κ3) is 1.76. The van der Waals surface area contributed by atoms with E-state index >= 15 is 0 Å². The van der Waals surface area contributed by atoms with E-state index in [-0.39, 0.29) is 5.82 Å². The summed E-state index contributed by atoms with van der Waals surface area (Å²) in [6.07, 6.45) is 0. The van der Waals surface area contributed by atoms with Gasteiger partial charge in [-0.1, -0.05) is 27.3 Å². The first-order chi connectivity index (χ1) is 6.27. The third-order valence-electron chi connectivity index (χ3n) is 1.52. The lowest BCUT2D eigenvalue weighted by Crippen LogP contribution is -1.83. The maximum absolute atomic E-state index is 13.3. The van der Waals surface area contributed by atoms with Crippen LogP contribution < -0.4 is 0 Å². The average molecular weight is 259 g/mol. The maximum atomic E-state index is 13.3. The summed E-state index contributed by atoms with van der Waals surface area (Å²) < 4.78 is 14.0. The van der Waals surface area contributed by atoms with E-state index < -0.39 is 0 Å². The van der Waals surface area contributed by atoms with Gasteiger partial charge in [0, 0.05) is 10.0 Å². The fraction of sp³-hybridized carbons (Fsp3) is 0. The van der Waals surface area contributed by atoms with Crippen LogP contribution in [0.15, 0.2) is 28.2 Å². The molecule has 0 saturated carbocycles. The molecule has 1 heterocycles. The summed E-state index contributed by atoms with van der Waals surface area (Å²) >= 11 is 4.51. The summed E-state index contributed by atoms with van der Waals surface area (Å²) in [4.78, 5) is 0. The molecule has 2 nitrogen and oxygen atoms in total. The Labute approximate surface area is 86.6 Å². The molecular weight excluding hydrogens is 255 g/mol. The molecule has 0 N–H and O–H groups in total. The monoisotopic (exact) mass is 258 g/mol. The summed E-state index contributed by atoms with van der Waals surface area (Å²) in [5, 5.41) is 8.04. The SMILES string of the molecule is Fc1cc(Br)ccc1-c1nncs1. The van der Waals surface area contributed by atoms with Crippen LogP contribution in [0.25, 0.3) is 10.6 Å². The van der Waals surface area contributed by atoms with Gasteiger partial charge >= 0.3 is 0 Å². The zero-order valence-corrected chi connectivity index (χ0v) is 8.77. The Morgan fingerprint density at radius 3 is 2.85 bits per heavy atom. The molecule has 2 aromatic rings. The molecule has 0 atom stereocenters. The molecule has 0 saturated heterocycles. The zero-order chi connectivity index (χ0) is 9.26. The number of aromatic nitrogens is 2. The standard InChI is InChI=1S/C8H4BrFN2S/c9-5-1-2-6(7(10)3-5)8-12-11-4-13-8/h1-4H. The van der Waals surface area contributed by atoms with Gasteiger partial charge in [-0.05, 0) is 18.2 Å². The first-order valence-electron chi connectivity index (χ1n) is 3.49. The molecule has 66 valence electrons. The Kier molecular flexibility index (Phi) is 2.37. The van der Waals surface area contributed by atoms with Crippen molar-refractivity contribution in [1.29, 1.82) is 0 Å². The summed E-state index contributed by atoms with van der Waals surface area (Å²) in [7, 11) is 0. The Morgan fingerprint density at radius 2 is 2.23 bits per heavy atom. The van der Waals surface area contributed by atoms with Crippen LogP contribution in [0.4, 0.5) is 4.39 Å². The van der Waals surface area contributed by atoms with Crippen LogP contribution >= 0.6 is 27.3 Å². The van der Waals surface area contributed by atoms with Crippen LogP contribution in [-0.4, -0.2) is 10.2 Å². The highest BCUT2D eigenvalue weighted by molar-refractivity contribution is 9.10. The zero-order valence-electron chi connectivity index (χ0n) is 6.37. The van der Waals surface area contributed by atoms with Crippen molar-refractivity contribution in [2.45, 2.75) is 0 Å². The highest BCUT2D eigenvalue weighted by Gasteiger charge is 2.07. The molecule has 0 amide bonds. The van der Waals surface area contributed by atoms with Crippen molar-refractivity contribution < 1.29 is 4.39 Å². The number of halogens is 2. The topological polar surface area (TPSA) is 25.8 Å². The minimum Gasteiger partial charge on any atom is -0.206 e. The molecule has 0 unspecified atom stereocenters. The Morgan fingerprint density at radius 1 is 1.38 bits per heavy atom. The van der Waals surface area contributed by atoms with E-state index in [9.17, 15) is 4.39 Å². The van der Waals surface area contributed by atoms with E-state index in [1.165, 1.54) is 17.4 Å². The van der Waals surface area contributed by atoms with E-state index in [1.807, 2.05) is 0 Å². The summed E-state index contributed by atoms with van der Waals surface area (Å²) in [6.45, 7) is 0. The molecule has 2 rings (SSSR count). The highest BCUT2D eigenvalue weighted by Crippen LogP contribution is 2.25. The predicted octanol–water partition coefficient (Wildman–Crippen LogP) is 3.11. The van der Waals surface area contributed by atoms with Gasteiger partial charge in [0.15, 0.2) is 0 Å². The minimum atomic E-state index is -0.286. The molecule has 1 aromatic carbocycles. The van der Waals surface area contributed by atoms with Crippen molar-refractivity contribution in [2.75, 3.05) is 0 Å². The van der Waals surface area contributed by atoms with Crippen molar-refractivity contribution in [3.63, 3.8) is 0 Å². The van der Waals surface area contributed by atoms with Gasteiger partial charge in [-0.15, -0.1) is 10.2 Å². The van der Waals surface area contributed by atoms with Crippen molar-refractivity contribution in [3.8, 4) is 10.6 Å². The third-order valence-corrected chi connectivity index (χ3v) is 2.74. The van der Waals surface area contributed by atoms with Crippen molar-refractivity contribution in [1.82, 2.24) is 10.2 Å². The fourth-order valence-corrected chi connectivity index (χ4v) is 1.87. The van der Waals surface area contributed by atoms with Crippen LogP contribution in [0.2, 0.25) is 0 Å². The van der Waals surface area contributed by atoms with Crippen LogP contribution in [0.3, 0.4) is 0 Å². The smallest absolute Gasteiger partial charge is 0.150 e. The number of hydrogen-bond acceptors (Lipinski definition) is 3. The summed E-state index contributed by atoms with van der Waals surface area (Å²) in [6, 6.07) is 4.87. The van der Waals surface area contributed by atoms with E-state index in [0.29, 0.717) is 10.6 Å². The number of nitrogens with zero attached hydrogens (tertiary/aromatic N) is 2. The van der Waals surface area contributed by atoms with E-state index in [4.69, 9.17) is 0 Å². The quantitative estimate of drug-likeness (QED) is 0.786. The van der Waals surface area contributed by atoms with Gasteiger partial charge in [-0.25, -0.2) is 4.39 Å². The molecule has 0 bridgehead atoms. The van der Waals surface area contributed by atoms with Crippen LogP contribution in [0.1, 0.15) is 0 Å². The Balaban J connectivity index is 2.53. The van der Waals surface area contributed by atoms with Gasteiger partial charge in [0.1, 0.15) is 16.3 Å². The number of benzene rings is 1. The second kappa shape index (κ2) is 3.51. The molecule has 0 aliphatic heterocycles. The van der Waals surface area contributed by atoms with E-state index in [2.05, 4.69) is 26.1 Å². The lowest BCUT2D eigenvalue weighted by molar-refractivity contribution is 0.630. The first-order valence-corrected chi connectivity index (χ1v) is 5.16. The van der Waals surface area contributed by atoms with Crippen molar-refractivity contribution in [3.05, 3.63) is 34.0 Å². The number of rotatable bonds is 1. The molecule has 0 fully saturated rings. The van der Waals surface area contributed by atoms with Crippen LogP contribution in [0.5, 0.6) is 0 Å². The first kappa shape index (κ1) is 8.77. The minimum absolute atomic E-state index is 0.286. The molecule has 0 aliphatic carbocycles. The second-order valence-electron chi connectivity index (χ2n) is 2.37. The molecular formula is C8H4BrFN2S. The Hall–Kier alpha value is -0.810. The van der Waals surface area contributed by atoms with Gasteiger partial charge in [-0.3, -0.25) is 0 Å². The van der Waals surface area contributed by atoms with Crippen molar-refractivity contribution in [2.24, 2.45) is 0 Å². The Bertz CT molecular complexity index is 416. The highest BCUT2D eigenvalue weighted by atomic mass is 79.9. The lowest BCUT2D eigenvalue weighted by atomic mass is 10.2. The van der Waals surface area contributed by atoms with Gasteiger partial charge in [-0.2, -0.15) is 0 Å². The lowest BCUT2D eigenvalue weighted by Gasteiger charge is -1.97. The second-order valence-corrected chi connectivity index (χ2v) is 4.12. The molecule has 0 aliphatic rings. The molecule has 5 heteroatoms. The molecule has 0 radical (unpaired) electrons. The van der Waals surface area contributed by atoms with Gasteiger partial charge < -0.3 is 0 Å². The molecule has 0 spiro atoms. The van der Waals surface area contributed by atoms with Crippen LogP contribution in [0, 0.1) is 5.82 Å². The maximum Gasteiger partial charge on any atom is 0.150 e. The number of hydrogen-bond donors (Lipinski definition) is 0. The van der Waals surface area contributed by atoms with E-state index in [0.717, 1.165) is 4.47 Å². The van der Waals surface area contributed by atoms with Gasteiger partial charge in [0.2, 0.25) is 0 Å². The molecule has 1 aromatic heterocycles. The van der Waals surface area contributed by atoms with Gasteiger partial charge in [0.25, 0.3) is 0 Å². The summed E-state index contributed by atoms with van der Waals surface area (Å²) in [5.41, 5.74) is 2.07.